The second-order valence-corrected chi connectivity index (χ2v) is 8.11. The smallest absolute Gasteiger partial charge is 0.257 e. The average molecular weight is 438 g/mol. The van der Waals surface area contributed by atoms with E-state index in [4.69, 9.17) is 23.2 Å². The van der Waals surface area contributed by atoms with E-state index in [0.717, 1.165) is 27.4 Å². The Morgan fingerprint density at radius 2 is 1.47 bits per heavy atom. The monoisotopic (exact) mass is 437 g/mol. The highest BCUT2D eigenvalue weighted by Gasteiger charge is 2.47. The van der Waals surface area contributed by atoms with Crippen molar-refractivity contribution in [3.8, 4) is 0 Å². The predicted octanol–water partition coefficient (Wildman–Crippen LogP) is 4.78. The van der Waals surface area contributed by atoms with Crippen molar-refractivity contribution in [2.45, 2.75) is 11.4 Å². The fourth-order valence-electron chi connectivity index (χ4n) is 4.03. The number of hydrazine groups is 1. The minimum absolute atomic E-state index is 0.0396. The Morgan fingerprint density at radius 1 is 0.900 bits per heavy atom. The van der Waals surface area contributed by atoms with Crippen molar-refractivity contribution < 1.29 is 9.59 Å². The molecule has 0 bridgehead atoms. The van der Waals surface area contributed by atoms with Crippen LogP contribution in [0, 0.1) is 0 Å². The molecule has 30 heavy (non-hydrogen) atoms. The van der Waals surface area contributed by atoms with Gasteiger partial charge in [-0.2, -0.15) is 0 Å². The van der Waals surface area contributed by atoms with Gasteiger partial charge in [0.1, 0.15) is 5.38 Å². The zero-order valence-corrected chi connectivity index (χ0v) is 17.3. The van der Waals surface area contributed by atoms with Gasteiger partial charge in [0, 0.05) is 15.8 Å². The van der Waals surface area contributed by atoms with Crippen LogP contribution in [0.5, 0.6) is 0 Å². The minimum Gasteiger partial charge on any atom is -0.279 e. The van der Waals surface area contributed by atoms with Gasteiger partial charge in [-0.15, -0.1) is 11.6 Å². The molecule has 1 aliphatic rings. The molecule has 5 nitrogen and oxygen atoms in total. The SMILES string of the molecule is O=C1C(Cl)C(c2ccc(Cl)cc2)N1NCC(=O)n1c2ccccc2c2ccccc21. The molecule has 1 fully saturated rings. The van der Waals surface area contributed by atoms with E-state index in [9.17, 15) is 9.59 Å². The Labute approximate surface area is 182 Å². The van der Waals surface area contributed by atoms with Crippen LogP contribution in [0.4, 0.5) is 0 Å². The van der Waals surface area contributed by atoms with E-state index < -0.39 is 5.38 Å². The lowest BCUT2D eigenvalue weighted by Crippen LogP contribution is -2.62. The first-order chi connectivity index (χ1) is 14.6. The lowest BCUT2D eigenvalue weighted by molar-refractivity contribution is -0.150. The molecule has 1 aliphatic heterocycles. The number of hydrogen-bond donors (Lipinski definition) is 1. The van der Waals surface area contributed by atoms with Crippen molar-refractivity contribution in [1.82, 2.24) is 15.0 Å². The van der Waals surface area contributed by atoms with Crippen LogP contribution in [-0.4, -0.2) is 33.3 Å². The Kier molecular flexibility index (Phi) is 4.74. The van der Waals surface area contributed by atoms with Crippen molar-refractivity contribution in [1.29, 1.82) is 0 Å². The number of hydrogen-bond acceptors (Lipinski definition) is 3. The molecule has 150 valence electrons. The van der Waals surface area contributed by atoms with Crippen molar-refractivity contribution >= 4 is 56.8 Å². The second-order valence-electron chi connectivity index (χ2n) is 7.20. The van der Waals surface area contributed by atoms with Crippen molar-refractivity contribution in [3.63, 3.8) is 0 Å². The van der Waals surface area contributed by atoms with Crippen molar-refractivity contribution in [2.24, 2.45) is 0 Å². The first-order valence-corrected chi connectivity index (χ1v) is 10.3. The number of alkyl halides is 1. The highest BCUT2D eigenvalue weighted by atomic mass is 35.5. The molecule has 2 atom stereocenters. The molecule has 3 aromatic carbocycles. The number of halogens is 2. The van der Waals surface area contributed by atoms with E-state index in [-0.39, 0.29) is 24.4 Å². The second kappa shape index (κ2) is 7.43. The predicted molar refractivity (Wildman–Crippen MR) is 119 cm³/mol. The van der Waals surface area contributed by atoms with E-state index in [1.807, 2.05) is 60.7 Å². The molecule has 7 heteroatoms. The average Bonchev–Trinajstić information content (AvgIpc) is 3.11. The van der Waals surface area contributed by atoms with Gasteiger partial charge in [-0.05, 0) is 29.8 Å². The number of nitrogens with one attached hydrogen (secondary N) is 1. The Balaban J connectivity index is 1.42. The first kappa shape index (κ1) is 19.1. The molecule has 1 N–H and O–H groups in total. The van der Waals surface area contributed by atoms with Gasteiger partial charge in [-0.25, -0.2) is 5.43 Å². The number of nitrogens with zero attached hydrogens (tertiary/aromatic N) is 2. The summed E-state index contributed by atoms with van der Waals surface area (Å²) in [6.45, 7) is -0.0396. The Morgan fingerprint density at radius 3 is 2.07 bits per heavy atom. The number of amides is 1. The Bertz CT molecular complexity index is 1230. The number of fused-ring (bicyclic) bond motifs is 3. The largest absolute Gasteiger partial charge is 0.279 e. The van der Waals surface area contributed by atoms with Crippen LogP contribution in [0.25, 0.3) is 21.8 Å². The van der Waals surface area contributed by atoms with Gasteiger partial charge in [0.2, 0.25) is 5.91 Å². The van der Waals surface area contributed by atoms with Crippen LogP contribution < -0.4 is 5.43 Å². The summed E-state index contributed by atoms with van der Waals surface area (Å²) in [4.78, 5) is 25.5. The zero-order chi connectivity index (χ0) is 20.8. The fourth-order valence-corrected chi connectivity index (χ4v) is 4.52. The number of aromatic nitrogens is 1. The van der Waals surface area contributed by atoms with Crippen LogP contribution in [0.3, 0.4) is 0 Å². The van der Waals surface area contributed by atoms with E-state index in [2.05, 4.69) is 5.43 Å². The maximum atomic E-state index is 13.2. The first-order valence-electron chi connectivity index (χ1n) is 9.54. The van der Waals surface area contributed by atoms with E-state index >= 15 is 0 Å². The van der Waals surface area contributed by atoms with E-state index in [1.165, 1.54) is 5.01 Å². The summed E-state index contributed by atoms with van der Waals surface area (Å²) in [7, 11) is 0. The summed E-state index contributed by atoms with van der Waals surface area (Å²) in [5.41, 5.74) is 5.51. The van der Waals surface area contributed by atoms with Gasteiger partial charge >= 0.3 is 0 Å². The molecule has 4 aromatic rings. The summed E-state index contributed by atoms with van der Waals surface area (Å²) in [6.07, 6.45) is 0. The normalized spacial score (nSPS) is 18.7. The topological polar surface area (TPSA) is 54.3 Å². The van der Waals surface area contributed by atoms with Gasteiger partial charge in [0.15, 0.2) is 0 Å². The highest BCUT2D eigenvalue weighted by Crippen LogP contribution is 2.37. The van der Waals surface area contributed by atoms with E-state index in [0.29, 0.717) is 5.02 Å². The van der Waals surface area contributed by atoms with Gasteiger partial charge in [-0.3, -0.25) is 19.2 Å². The third-order valence-electron chi connectivity index (χ3n) is 5.47. The van der Waals surface area contributed by atoms with Gasteiger partial charge in [-0.1, -0.05) is 60.1 Å². The molecule has 2 unspecified atom stereocenters. The molecule has 0 spiro atoms. The molecule has 0 aliphatic carbocycles. The number of rotatable bonds is 4. The third kappa shape index (κ3) is 2.98. The quantitative estimate of drug-likeness (QED) is 0.369. The molecule has 0 radical (unpaired) electrons. The molecular weight excluding hydrogens is 421 g/mol. The maximum Gasteiger partial charge on any atom is 0.257 e. The number of para-hydroxylation sites is 2. The fraction of sp³-hybridized carbons (Fsp3) is 0.130. The number of benzene rings is 3. The number of β-lactam (4-membered cyclic amide) rings is 1. The molecule has 2 heterocycles. The standard InChI is InChI=1S/C23H17Cl2N3O2/c24-15-11-9-14(10-12-15)22-21(25)23(30)28(22)26-13-20(29)27-18-7-3-1-5-16(18)17-6-2-4-8-19(17)27/h1-12,21-22,26H,13H2. The zero-order valence-electron chi connectivity index (χ0n) is 15.8. The third-order valence-corrected chi connectivity index (χ3v) is 6.15. The van der Waals surface area contributed by atoms with Crippen LogP contribution in [-0.2, 0) is 4.79 Å². The molecule has 1 saturated heterocycles. The van der Waals surface area contributed by atoms with E-state index in [1.54, 1.807) is 16.7 Å². The van der Waals surface area contributed by atoms with Gasteiger partial charge in [0.25, 0.3) is 5.91 Å². The molecular formula is C23H17Cl2N3O2. The highest BCUT2D eigenvalue weighted by molar-refractivity contribution is 6.33. The summed E-state index contributed by atoms with van der Waals surface area (Å²) in [6, 6.07) is 22.4. The van der Waals surface area contributed by atoms with Crippen LogP contribution in [0.1, 0.15) is 16.4 Å². The molecule has 0 saturated carbocycles. The van der Waals surface area contributed by atoms with Crippen LogP contribution in [0.15, 0.2) is 72.8 Å². The van der Waals surface area contributed by atoms with Crippen molar-refractivity contribution in [3.05, 3.63) is 83.4 Å². The summed E-state index contributed by atoms with van der Waals surface area (Å²) in [5, 5.41) is 3.38. The minimum atomic E-state index is -0.679. The molecule has 1 amide bonds. The van der Waals surface area contributed by atoms with Gasteiger partial charge < -0.3 is 0 Å². The molecule has 5 rings (SSSR count). The lowest BCUT2D eigenvalue weighted by atomic mass is 9.95. The lowest BCUT2D eigenvalue weighted by Gasteiger charge is -2.44. The number of carbonyl (C=O) groups is 2. The Hall–Kier alpha value is -2.86. The van der Waals surface area contributed by atoms with Gasteiger partial charge in [0.05, 0.1) is 23.6 Å². The summed E-state index contributed by atoms with van der Waals surface area (Å²) < 4.78 is 1.69. The number of carbonyl (C=O) groups excluding carboxylic acids is 2. The maximum absolute atomic E-state index is 13.2. The van der Waals surface area contributed by atoms with Crippen LogP contribution >= 0.6 is 23.2 Å². The van der Waals surface area contributed by atoms with Crippen LogP contribution in [0.2, 0.25) is 5.02 Å². The van der Waals surface area contributed by atoms with Crippen molar-refractivity contribution in [2.75, 3.05) is 6.54 Å². The summed E-state index contributed by atoms with van der Waals surface area (Å²) >= 11 is 12.2. The molecule has 1 aromatic heterocycles. The summed E-state index contributed by atoms with van der Waals surface area (Å²) in [5.74, 6) is -0.417.